The lowest BCUT2D eigenvalue weighted by molar-refractivity contribution is -0.159. The number of aryl methyl sites for hydroxylation is 1. The van der Waals surface area contributed by atoms with Gasteiger partial charge in [0.25, 0.3) is 0 Å². The molecule has 0 aromatic heterocycles. The quantitative estimate of drug-likeness (QED) is 0.525. The summed E-state index contributed by atoms with van der Waals surface area (Å²) in [7, 11) is 0. The fourth-order valence-electron chi connectivity index (χ4n) is 2.31. The molecule has 1 aromatic carbocycles. The maximum absolute atomic E-state index is 9.10. The summed E-state index contributed by atoms with van der Waals surface area (Å²) in [5.41, 5.74) is 2.71. The maximum Gasteiger partial charge on any atom is 0.414 e. The molecule has 7 nitrogen and oxygen atoms in total. The predicted octanol–water partition coefficient (Wildman–Crippen LogP) is 0.963. The van der Waals surface area contributed by atoms with Crippen LogP contribution in [-0.2, 0) is 20.9 Å². The third-order valence-corrected chi connectivity index (χ3v) is 3.53. The molecule has 0 saturated carbocycles. The minimum absolute atomic E-state index is 0.900. The van der Waals surface area contributed by atoms with E-state index in [4.69, 9.17) is 24.5 Å². The molecule has 134 valence electrons. The number of aliphatic carboxylic acids is 2. The van der Waals surface area contributed by atoms with Crippen molar-refractivity contribution in [3.63, 3.8) is 0 Å². The molecule has 1 fully saturated rings. The topological polar surface area (TPSA) is 99.1 Å². The lowest BCUT2D eigenvalue weighted by Gasteiger charge is -2.26. The van der Waals surface area contributed by atoms with E-state index >= 15 is 0 Å². The second-order valence-corrected chi connectivity index (χ2v) is 5.58. The number of carbonyl (C=O) groups is 2. The van der Waals surface area contributed by atoms with Gasteiger partial charge in [0.15, 0.2) is 0 Å². The molecule has 1 aliphatic rings. The van der Waals surface area contributed by atoms with E-state index in [1.54, 1.807) is 0 Å². The Morgan fingerprint density at radius 1 is 1.21 bits per heavy atom. The molecule has 0 amide bonds. The zero-order valence-corrected chi connectivity index (χ0v) is 14.0. The third-order valence-electron chi connectivity index (χ3n) is 3.53. The van der Waals surface area contributed by atoms with Crippen LogP contribution in [0.2, 0.25) is 0 Å². The van der Waals surface area contributed by atoms with Crippen LogP contribution in [0.15, 0.2) is 24.3 Å². The summed E-state index contributed by atoms with van der Waals surface area (Å²) in [5.74, 6) is -3.65. The smallest absolute Gasteiger partial charge is 0.414 e. The molecule has 0 aliphatic carbocycles. The molecule has 0 unspecified atom stereocenters. The summed E-state index contributed by atoms with van der Waals surface area (Å²) in [4.78, 5) is 20.7. The first-order valence-corrected chi connectivity index (χ1v) is 8.01. The third kappa shape index (κ3) is 9.24. The molecule has 1 aliphatic heterocycles. The highest BCUT2D eigenvalue weighted by Crippen LogP contribution is 2.03. The Labute approximate surface area is 142 Å². The van der Waals surface area contributed by atoms with Crippen molar-refractivity contribution in [1.29, 1.82) is 0 Å². The van der Waals surface area contributed by atoms with Gasteiger partial charge in [0.1, 0.15) is 0 Å². The van der Waals surface area contributed by atoms with E-state index < -0.39 is 11.9 Å². The van der Waals surface area contributed by atoms with Crippen LogP contribution in [0.5, 0.6) is 0 Å². The van der Waals surface area contributed by atoms with Gasteiger partial charge in [-0.05, 0) is 32.0 Å². The first-order valence-electron chi connectivity index (χ1n) is 8.01. The molecule has 3 N–H and O–H groups in total. The van der Waals surface area contributed by atoms with E-state index in [0.717, 1.165) is 39.4 Å². The van der Waals surface area contributed by atoms with Crippen LogP contribution < -0.4 is 5.32 Å². The monoisotopic (exact) mass is 338 g/mol. The average molecular weight is 338 g/mol. The van der Waals surface area contributed by atoms with Crippen molar-refractivity contribution in [2.24, 2.45) is 0 Å². The van der Waals surface area contributed by atoms with Crippen LogP contribution in [0.3, 0.4) is 0 Å². The molecule has 7 heteroatoms. The summed E-state index contributed by atoms with van der Waals surface area (Å²) in [6.45, 7) is 9.38. The second kappa shape index (κ2) is 11.6. The number of morpholine rings is 1. The normalized spacial score (nSPS) is 14.5. The number of rotatable bonds is 6. The summed E-state index contributed by atoms with van der Waals surface area (Å²) in [6.07, 6.45) is 1.21. The summed E-state index contributed by atoms with van der Waals surface area (Å²) in [6, 6.07) is 8.69. The van der Waals surface area contributed by atoms with Gasteiger partial charge < -0.3 is 20.3 Å². The van der Waals surface area contributed by atoms with Crippen LogP contribution in [0.25, 0.3) is 0 Å². The fourth-order valence-corrected chi connectivity index (χ4v) is 2.31. The van der Waals surface area contributed by atoms with E-state index in [1.165, 1.54) is 24.1 Å². The van der Waals surface area contributed by atoms with Gasteiger partial charge in [-0.15, -0.1) is 0 Å². The van der Waals surface area contributed by atoms with Gasteiger partial charge in [-0.2, -0.15) is 0 Å². The maximum atomic E-state index is 9.10. The zero-order chi connectivity index (χ0) is 17.8. The molecule has 0 atom stereocenters. The Bertz CT molecular complexity index is 503. The van der Waals surface area contributed by atoms with Crippen LogP contribution >= 0.6 is 0 Å². The zero-order valence-electron chi connectivity index (χ0n) is 14.0. The van der Waals surface area contributed by atoms with Gasteiger partial charge >= 0.3 is 11.9 Å². The van der Waals surface area contributed by atoms with Crippen molar-refractivity contribution in [2.45, 2.75) is 19.9 Å². The molecule has 0 spiro atoms. The molecule has 0 radical (unpaired) electrons. The Kier molecular flexibility index (Phi) is 9.67. The fraction of sp³-hybridized carbons (Fsp3) is 0.529. The number of carboxylic acids is 2. The van der Waals surface area contributed by atoms with Crippen molar-refractivity contribution in [3.05, 3.63) is 35.4 Å². The molecular weight excluding hydrogens is 312 g/mol. The summed E-state index contributed by atoms with van der Waals surface area (Å²) >= 11 is 0. The van der Waals surface area contributed by atoms with Crippen molar-refractivity contribution in [3.8, 4) is 0 Å². The number of carboxylic acid groups (broad SMARTS) is 2. The standard InChI is InChI=1S/C15H24N2O.C2H2O4/c1-14-4-2-5-15(12-14)13-16-6-3-7-17-8-10-18-11-9-17;3-1(4)2(5)6/h2,4-5,12,16H,3,6-11,13H2,1H3;(H,3,4)(H,5,6). The van der Waals surface area contributed by atoms with Crippen molar-refractivity contribution < 1.29 is 24.5 Å². The number of ether oxygens (including phenoxy) is 1. The lowest BCUT2D eigenvalue weighted by atomic mass is 10.1. The Morgan fingerprint density at radius 3 is 2.46 bits per heavy atom. The number of hydrogen-bond donors (Lipinski definition) is 3. The minimum atomic E-state index is -1.82. The summed E-state index contributed by atoms with van der Waals surface area (Å²) < 4.78 is 5.34. The molecular formula is C17H26N2O5. The van der Waals surface area contributed by atoms with Gasteiger partial charge in [0.05, 0.1) is 13.2 Å². The number of hydrogen-bond acceptors (Lipinski definition) is 5. The SMILES string of the molecule is Cc1cccc(CNCCCN2CCOCC2)c1.O=C(O)C(=O)O. The molecule has 0 bridgehead atoms. The summed E-state index contributed by atoms with van der Waals surface area (Å²) in [5, 5.41) is 18.3. The average Bonchev–Trinajstić information content (AvgIpc) is 2.56. The molecule has 1 heterocycles. The van der Waals surface area contributed by atoms with Gasteiger partial charge in [0, 0.05) is 19.6 Å². The largest absolute Gasteiger partial charge is 0.473 e. The van der Waals surface area contributed by atoms with Gasteiger partial charge in [-0.3, -0.25) is 4.90 Å². The Hall–Kier alpha value is -1.96. The second-order valence-electron chi connectivity index (χ2n) is 5.58. The number of nitrogens with zero attached hydrogens (tertiary/aromatic N) is 1. The van der Waals surface area contributed by atoms with Crippen LogP contribution in [0.4, 0.5) is 0 Å². The Morgan fingerprint density at radius 2 is 1.88 bits per heavy atom. The van der Waals surface area contributed by atoms with E-state index in [-0.39, 0.29) is 0 Å². The minimum Gasteiger partial charge on any atom is -0.473 e. The first-order chi connectivity index (χ1) is 11.5. The highest BCUT2D eigenvalue weighted by molar-refractivity contribution is 6.27. The molecule has 24 heavy (non-hydrogen) atoms. The van der Waals surface area contributed by atoms with E-state index in [9.17, 15) is 0 Å². The van der Waals surface area contributed by atoms with E-state index in [2.05, 4.69) is 41.4 Å². The van der Waals surface area contributed by atoms with E-state index in [0.29, 0.717) is 0 Å². The highest BCUT2D eigenvalue weighted by Gasteiger charge is 2.08. The predicted molar refractivity (Wildman–Crippen MR) is 90.0 cm³/mol. The lowest BCUT2D eigenvalue weighted by Crippen LogP contribution is -2.37. The van der Waals surface area contributed by atoms with Crippen LogP contribution in [-0.4, -0.2) is 66.4 Å². The van der Waals surface area contributed by atoms with Gasteiger partial charge in [-0.25, -0.2) is 9.59 Å². The van der Waals surface area contributed by atoms with Crippen molar-refractivity contribution >= 4 is 11.9 Å². The number of benzene rings is 1. The van der Waals surface area contributed by atoms with E-state index in [1.807, 2.05) is 0 Å². The van der Waals surface area contributed by atoms with Gasteiger partial charge in [0.2, 0.25) is 0 Å². The van der Waals surface area contributed by atoms with Crippen LogP contribution in [0, 0.1) is 6.92 Å². The van der Waals surface area contributed by atoms with Gasteiger partial charge in [-0.1, -0.05) is 29.8 Å². The molecule has 1 aromatic rings. The van der Waals surface area contributed by atoms with Crippen molar-refractivity contribution in [1.82, 2.24) is 10.2 Å². The highest BCUT2D eigenvalue weighted by atomic mass is 16.5. The number of nitrogens with one attached hydrogen (secondary N) is 1. The van der Waals surface area contributed by atoms with Crippen molar-refractivity contribution in [2.75, 3.05) is 39.4 Å². The Balaban J connectivity index is 0.000000413. The molecule has 2 rings (SSSR count). The van der Waals surface area contributed by atoms with Crippen LogP contribution in [0.1, 0.15) is 17.5 Å². The first kappa shape index (κ1) is 20.1. The molecule has 1 saturated heterocycles.